The van der Waals surface area contributed by atoms with E-state index >= 15 is 0 Å². The molecule has 1 amide bonds. The number of nitrogens with two attached hydrogens (primary N) is 1. The van der Waals surface area contributed by atoms with E-state index in [9.17, 15) is 4.79 Å². The zero-order valence-corrected chi connectivity index (χ0v) is 12.2. The van der Waals surface area contributed by atoms with Crippen LogP contribution in [0.1, 0.15) is 34.8 Å². The van der Waals surface area contributed by atoms with Crippen molar-refractivity contribution in [1.29, 1.82) is 0 Å². The van der Waals surface area contributed by atoms with Crippen LogP contribution in [0.4, 0.5) is 0 Å². The lowest BCUT2D eigenvalue weighted by Crippen LogP contribution is -2.29. The van der Waals surface area contributed by atoms with Gasteiger partial charge in [-0.3, -0.25) is 4.79 Å². The van der Waals surface area contributed by atoms with Crippen LogP contribution >= 0.6 is 11.6 Å². The molecule has 0 aliphatic carbocycles. The molecule has 0 radical (unpaired) electrons. The summed E-state index contributed by atoms with van der Waals surface area (Å²) in [5, 5.41) is 0.641. The molecule has 0 saturated heterocycles. The van der Waals surface area contributed by atoms with Crippen LogP contribution < -0.4 is 5.73 Å². The van der Waals surface area contributed by atoms with Crippen molar-refractivity contribution >= 4 is 17.5 Å². The molecule has 0 spiro atoms. The summed E-state index contributed by atoms with van der Waals surface area (Å²) < 4.78 is 5.38. The van der Waals surface area contributed by atoms with Gasteiger partial charge in [0.05, 0.1) is 12.6 Å². The van der Waals surface area contributed by atoms with E-state index in [-0.39, 0.29) is 24.3 Å². The Morgan fingerprint density at radius 1 is 1.35 bits per heavy atom. The van der Waals surface area contributed by atoms with E-state index in [1.54, 1.807) is 24.1 Å². The molecular weight excluding hydrogens is 276 g/mol. The van der Waals surface area contributed by atoms with Crippen molar-refractivity contribution in [3.63, 3.8) is 0 Å². The second-order valence-electron chi connectivity index (χ2n) is 4.58. The first kappa shape index (κ1) is 14.6. The zero-order chi connectivity index (χ0) is 14.7. The van der Waals surface area contributed by atoms with Crippen molar-refractivity contribution in [2.45, 2.75) is 19.5 Å². The molecule has 1 aromatic carbocycles. The monoisotopic (exact) mass is 292 g/mol. The maximum Gasteiger partial charge on any atom is 0.289 e. The number of benzene rings is 1. The minimum atomic E-state index is -0.197. The Hall–Kier alpha value is -1.78. The number of nitrogens with zero attached hydrogens (tertiary/aromatic N) is 1. The molecule has 0 fully saturated rings. The Balaban J connectivity index is 2.20. The molecule has 0 aliphatic rings. The summed E-state index contributed by atoms with van der Waals surface area (Å²) in [5.41, 5.74) is 6.37. The summed E-state index contributed by atoms with van der Waals surface area (Å²) in [6.07, 6.45) is 0. The lowest BCUT2D eigenvalue weighted by molar-refractivity contribution is 0.0708. The van der Waals surface area contributed by atoms with E-state index < -0.39 is 0 Å². The van der Waals surface area contributed by atoms with E-state index in [2.05, 4.69) is 0 Å². The van der Waals surface area contributed by atoms with Gasteiger partial charge in [0, 0.05) is 12.1 Å². The van der Waals surface area contributed by atoms with Crippen molar-refractivity contribution in [2.75, 3.05) is 7.05 Å². The number of hydrogen-bond acceptors (Lipinski definition) is 3. The lowest BCUT2D eigenvalue weighted by Gasteiger charge is -2.25. The van der Waals surface area contributed by atoms with Gasteiger partial charge in [0.1, 0.15) is 5.76 Å². The predicted molar refractivity (Wildman–Crippen MR) is 78.6 cm³/mol. The molecule has 4 nitrogen and oxygen atoms in total. The van der Waals surface area contributed by atoms with Gasteiger partial charge in [0.15, 0.2) is 5.76 Å². The topological polar surface area (TPSA) is 59.5 Å². The maximum absolute atomic E-state index is 12.3. The average Bonchev–Trinajstić information content (AvgIpc) is 2.94. The molecule has 1 atom stereocenters. The summed E-state index contributed by atoms with van der Waals surface area (Å²) in [7, 11) is 1.72. The van der Waals surface area contributed by atoms with Crippen LogP contribution in [0.2, 0.25) is 5.02 Å². The highest BCUT2D eigenvalue weighted by molar-refractivity contribution is 6.31. The number of furan rings is 1. The molecule has 1 aromatic heterocycles. The summed E-state index contributed by atoms with van der Waals surface area (Å²) in [5.74, 6) is 0.677. The van der Waals surface area contributed by atoms with Gasteiger partial charge in [0.2, 0.25) is 0 Å². The van der Waals surface area contributed by atoms with E-state index in [1.165, 1.54) is 0 Å². The van der Waals surface area contributed by atoms with Gasteiger partial charge >= 0.3 is 0 Å². The number of amides is 1. The van der Waals surface area contributed by atoms with E-state index in [4.69, 9.17) is 21.8 Å². The van der Waals surface area contributed by atoms with E-state index in [1.807, 2.05) is 31.2 Å². The Morgan fingerprint density at radius 3 is 2.65 bits per heavy atom. The second-order valence-corrected chi connectivity index (χ2v) is 4.99. The summed E-state index contributed by atoms with van der Waals surface area (Å²) in [6.45, 7) is 2.20. The number of hydrogen-bond donors (Lipinski definition) is 1. The first-order chi connectivity index (χ1) is 9.54. The fraction of sp³-hybridized carbons (Fsp3) is 0.267. The molecule has 106 valence electrons. The molecule has 0 bridgehead atoms. The van der Waals surface area contributed by atoms with Crippen LogP contribution in [-0.2, 0) is 6.54 Å². The van der Waals surface area contributed by atoms with Gasteiger partial charge in [-0.2, -0.15) is 0 Å². The molecule has 0 saturated carbocycles. The third-order valence-corrected chi connectivity index (χ3v) is 3.67. The fourth-order valence-electron chi connectivity index (χ4n) is 1.97. The Kier molecular flexibility index (Phi) is 4.47. The van der Waals surface area contributed by atoms with Crippen molar-refractivity contribution in [2.24, 2.45) is 5.73 Å². The molecular formula is C15H17ClN2O2. The van der Waals surface area contributed by atoms with E-state index in [0.29, 0.717) is 10.8 Å². The minimum absolute atomic E-state index is 0.150. The largest absolute Gasteiger partial charge is 0.455 e. The maximum atomic E-state index is 12.3. The average molecular weight is 293 g/mol. The number of carbonyl (C=O) groups excluding carboxylic acids is 1. The zero-order valence-electron chi connectivity index (χ0n) is 11.5. The molecule has 1 heterocycles. The van der Waals surface area contributed by atoms with Gasteiger partial charge < -0.3 is 15.1 Å². The number of carbonyl (C=O) groups is 1. The molecule has 20 heavy (non-hydrogen) atoms. The molecule has 2 rings (SSSR count). The predicted octanol–water partition coefficient (Wildman–Crippen LogP) is 3.22. The van der Waals surface area contributed by atoms with Crippen molar-refractivity contribution < 1.29 is 9.21 Å². The van der Waals surface area contributed by atoms with Crippen LogP contribution in [0.3, 0.4) is 0 Å². The quantitative estimate of drug-likeness (QED) is 0.941. The Bertz CT molecular complexity index is 609. The van der Waals surface area contributed by atoms with Crippen molar-refractivity contribution in [3.05, 3.63) is 58.5 Å². The van der Waals surface area contributed by atoms with Crippen LogP contribution in [0.5, 0.6) is 0 Å². The van der Waals surface area contributed by atoms with Crippen LogP contribution in [0.15, 0.2) is 40.8 Å². The fourth-order valence-corrected chi connectivity index (χ4v) is 2.27. The first-order valence-corrected chi connectivity index (χ1v) is 6.72. The Labute approximate surface area is 123 Å². The standard InChI is InChI=1S/C15H17ClN2O2/c1-10(12-5-3-4-6-13(12)16)18(2)15(19)14-8-7-11(9-17)20-14/h3-8,10H,9,17H2,1-2H3. The SMILES string of the molecule is CC(c1ccccc1Cl)N(C)C(=O)c1ccc(CN)o1. The van der Waals surface area contributed by atoms with Gasteiger partial charge in [-0.25, -0.2) is 0 Å². The van der Waals surface area contributed by atoms with Crippen molar-refractivity contribution in [1.82, 2.24) is 4.90 Å². The highest BCUT2D eigenvalue weighted by Crippen LogP contribution is 2.27. The molecule has 1 unspecified atom stereocenters. The van der Waals surface area contributed by atoms with Crippen LogP contribution in [-0.4, -0.2) is 17.9 Å². The van der Waals surface area contributed by atoms with Gasteiger partial charge in [0.25, 0.3) is 5.91 Å². The Morgan fingerprint density at radius 2 is 2.05 bits per heavy atom. The van der Waals surface area contributed by atoms with Gasteiger partial charge in [-0.05, 0) is 30.7 Å². The number of rotatable bonds is 4. The second kappa shape index (κ2) is 6.11. The summed E-state index contributed by atoms with van der Waals surface area (Å²) in [4.78, 5) is 13.9. The molecule has 5 heteroatoms. The van der Waals surface area contributed by atoms with Gasteiger partial charge in [-0.15, -0.1) is 0 Å². The number of halogens is 1. The van der Waals surface area contributed by atoms with Crippen LogP contribution in [0, 0.1) is 0 Å². The third-order valence-electron chi connectivity index (χ3n) is 3.33. The molecule has 0 aliphatic heterocycles. The van der Waals surface area contributed by atoms with Crippen LogP contribution in [0.25, 0.3) is 0 Å². The van der Waals surface area contributed by atoms with Crippen molar-refractivity contribution in [3.8, 4) is 0 Å². The first-order valence-electron chi connectivity index (χ1n) is 6.35. The van der Waals surface area contributed by atoms with Gasteiger partial charge in [-0.1, -0.05) is 29.8 Å². The minimum Gasteiger partial charge on any atom is -0.455 e. The lowest BCUT2D eigenvalue weighted by atomic mass is 10.1. The summed E-state index contributed by atoms with van der Waals surface area (Å²) >= 11 is 6.16. The molecule has 2 aromatic rings. The third kappa shape index (κ3) is 2.86. The normalized spacial score (nSPS) is 12.2. The smallest absolute Gasteiger partial charge is 0.289 e. The highest BCUT2D eigenvalue weighted by atomic mass is 35.5. The molecule has 2 N–H and O–H groups in total. The highest BCUT2D eigenvalue weighted by Gasteiger charge is 2.22. The summed E-state index contributed by atoms with van der Waals surface area (Å²) in [6, 6.07) is 10.7. The van der Waals surface area contributed by atoms with E-state index in [0.717, 1.165) is 5.56 Å².